The summed E-state index contributed by atoms with van der Waals surface area (Å²) in [5, 5.41) is 0. The first-order chi connectivity index (χ1) is 6.89. The highest BCUT2D eigenvalue weighted by Gasteiger charge is 2.26. The largest absolute Gasteiger partial charge is 0.508 e. The summed E-state index contributed by atoms with van der Waals surface area (Å²) in [6, 6.07) is 4.73. The van der Waals surface area contributed by atoms with Crippen LogP contribution in [0.1, 0.15) is 0 Å². The summed E-state index contributed by atoms with van der Waals surface area (Å²) in [5.74, 6) is -0.293. The standard InChI is InChI=1S/C9H8BF4O/c1-7(10(12,13)14)6-15-9-4-2-8(11)3-5-9/h2-5H,1,6H2/q-1. The van der Waals surface area contributed by atoms with E-state index in [1.807, 2.05) is 0 Å². The van der Waals surface area contributed by atoms with Crippen LogP contribution in [0.4, 0.5) is 17.3 Å². The van der Waals surface area contributed by atoms with Crippen LogP contribution >= 0.6 is 0 Å². The molecule has 1 nitrogen and oxygen atoms in total. The molecule has 15 heavy (non-hydrogen) atoms. The van der Waals surface area contributed by atoms with Crippen LogP contribution in [-0.4, -0.2) is 13.6 Å². The molecule has 0 fully saturated rings. The van der Waals surface area contributed by atoms with Crippen molar-refractivity contribution in [3.05, 3.63) is 42.1 Å². The predicted molar refractivity (Wildman–Crippen MR) is 50.1 cm³/mol. The Hall–Kier alpha value is -1.46. The summed E-state index contributed by atoms with van der Waals surface area (Å²) in [6.07, 6.45) is 0. The molecule has 0 N–H and O–H groups in total. The second kappa shape index (κ2) is 4.38. The first-order valence-corrected chi connectivity index (χ1v) is 4.15. The zero-order valence-electron chi connectivity index (χ0n) is 7.72. The molecule has 0 aliphatic rings. The summed E-state index contributed by atoms with van der Waals surface area (Å²) in [7, 11) is 0. The highest BCUT2D eigenvalue weighted by Crippen LogP contribution is 2.19. The van der Waals surface area contributed by atoms with Crippen molar-refractivity contribution in [1.82, 2.24) is 0 Å². The number of hydrogen-bond donors (Lipinski definition) is 0. The zero-order chi connectivity index (χ0) is 11.5. The third-order valence-corrected chi connectivity index (χ3v) is 1.70. The minimum Gasteiger partial charge on any atom is -0.492 e. The van der Waals surface area contributed by atoms with Crippen molar-refractivity contribution >= 4 is 6.98 Å². The molecule has 0 aliphatic carbocycles. The Balaban J connectivity index is 2.51. The molecule has 1 aromatic carbocycles. The number of rotatable bonds is 4. The third kappa shape index (κ3) is 3.65. The fraction of sp³-hybridized carbons (Fsp3) is 0.111. The summed E-state index contributed by atoms with van der Waals surface area (Å²) < 4.78 is 53.3. The van der Waals surface area contributed by atoms with E-state index >= 15 is 0 Å². The molecule has 0 radical (unpaired) electrons. The van der Waals surface area contributed by atoms with Gasteiger partial charge in [0.1, 0.15) is 11.6 Å². The first kappa shape index (κ1) is 11.6. The van der Waals surface area contributed by atoms with Crippen LogP contribution in [-0.2, 0) is 0 Å². The maximum atomic E-state index is 12.4. The van der Waals surface area contributed by atoms with Gasteiger partial charge in [-0.3, -0.25) is 0 Å². The Bertz CT molecular complexity index is 344. The average Bonchev–Trinajstić information content (AvgIpc) is 2.15. The van der Waals surface area contributed by atoms with E-state index in [0.717, 1.165) is 12.1 Å². The number of halogens is 4. The van der Waals surface area contributed by atoms with Gasteiger partial charge < -0.3 is 17.7 Å². The van der Waals surface area contributed by atoms with Crippen molar-refractivity contribution < 1.29 is 22.1 Å². The molecule has 82 valence electrons. The molecule has 0 bridgehead atoms. The van der Waals surface area contributed by atoms with Gasteiger partial charge in [-0.15, -0.1) is 12.1 Å². The molecule has 0 saturated carbocycles. The summed E-state index contributed by atoms with van der Waals surface area (Å²) in [5.41, 5.74) is -0.917. The van der Waals surface area contributed by atoms with E-state index in [4.69, 9.17) is 4.74 Å². The molecule has 1 aromatic rings. The summed E-state index contributed by atoms with van der Waals surface area (Å²) in [6.45, 7) is -2.84. The van der Waals surface area contributed by atoms with Crippen molar-refractivity contribution in [1.29, 1.82) is 0 Å². The highest BCUT2D eigenvalue weighted by molar-refractivity contribution is 6.66. The van der Waals surface area contributed by atoms with Gasteiger partial charge in [-0.1, -0.05) is 0 Å². The third-order valence-electron chi connectivity index (χ3n) is 1.70. The highest BCUT2D eigenvalue weighted by atomic mass is 19.4. The van der Waals surface area contributed by atoms with E-state index < -0.39 is 24.9 Å². The average molecular weight is 219 g/mol. The fourth-order valence-corrected chi connectivity index (χ4v) is 0.801. The molecule has 1 rings (SSSR count). The van der Waals surface area contributed by atoms with Crippen molar-refractivity contribution in [2.45, 2.75) is 0 Å². The molecule has 0 amide bonds. The van der Waals surface area contributed by atoms with E-state index in [9.17, 15) is 17.3 Å². The first-order valence-electron chi connectivity index (χ1n) is 4.15. The van der Waals surface area contributed by atoms with Gasteiger partial charge in [0.25, 0.3) is 0 Å². The van der Waals surface area contributed by atoms with Crippen LogP contribution in [0.15, 0.2) is 36.3 Å². The van der Waals surface area contributed by atoms with Gasteiger partial charge in [0.15, 0.2) is 0 Å². The Morgan fingerprint density at radius 2 is 1.73 bits per heavy atom. The molecule has 0 aromatic heterocycles. The molecule has 0 atom stereocenters. The Kier molecular flexibility index (Phi) is 3.39. The van der Waals surface area contributed by atoms with E-state index in [0.29, 0.717) is 0 Å². The topological polar surface area (TPSA) is 9.23 Å². The summed E-state index contributed by atoms with van der Waals surface area (Å²) in [4.78, 5) is 0. The van der Waals surface area contributed by atoms with Gasteiger partial charge in [-0.2, -0.15) is 0 Å². The quantitative estimate of drug-likeness (QED) is 0.558. The van der Waals surface area contributed by atoms with Crippen LogP contribution in [0.3, 0.4) is 0 Å². The zero-order valence-corrected chi connectivity index (χ0v) is 7.72. The molecule has 0 heterocycles. The van der Waals surface area contributed by atoms with Crippen molar-refractivity contribution in [3.8, 4) is 5.75 Å². The van der Waals surface area contributed by atoms with E-state index in [2.05, 4.69) is 6.58 Å². The monoisotopic (exact) mass is 219 g/mol. The predicted octanol–water partition coefficient (Wildman–Crippen LogP) is 3.15. The smallest absolute Gasteiger partial charge is 0.492 e. The van der Waals surface area contributed by atoms with Gasteiger partial charge in [0, 0.05) is 0 Å². The fourth-order valence-electron chi connectivity index (χ4n) is 0.801. The van der Waals surface area contributed by atoms with Gasteiger partial charge in [-0.05, 0) is 24.3 Å². The molecular weight excluding hydrogens is 211 g/mol. The van der Waals surface area contributed by atoms with E-state index in [-0.39, 0.29) is 5.75 Å². The van der Waals surface area contributed by atoms with Crippen LogP contribution < -0.4 is 4.74 Å². The number of benzene rings is 1. The lowest BCUT2D eigenvalue weighted by Gasteiger charge is -2.18. The Morgan fingerprint density at radius 3 is 2.20 bits per heavy atom. The molecule has 0 aliphatic heterocycles. The number of ether oxygens (including phenoxy) is 1. The van der Waals surface area contributed by atoms with Gasteiger partial charge >= 0.3 is 6.98 Å². The molecular formula is C9H8BF4O-. The lowest BCUT2D eigenvalue weighted by molar-refractivity contribution is 0.346. The molecule has 0 unspecified atom stereocenters. The van der Waals surface area contributed by atoms with Crippen LogP contribution in [0, 0.1) is 5.82 Å². The molecule has 0 saturated heterocycles. The van der Waals surface area contributed by atoms with Crippen LogP contribution in [0.25, 0.3) is 0 Å². The van der Waals surface area contributed by atoms with E-state index in [1.165, 1.54) is 12.1 Å². The summed E-state index contributed by atoms with van der Waals surface area (Å²) >= 11 is 0. The van der Waals surface area contributed by atoms with Crippen molar-refractivity contribution in [2.75, 3.05) is 6.61 Å². The van der Waals surface area contributed by atoms with Crippen molar-refractivity contribution in [3.63, 3.8) is 0 Å². The lowest BCUT2D eigenvalue weighted by atomic mass is 9.81. The molecule has 6 heteroatoms. The normalized spacial score (nSPS) is 11.2. The minimum absolute atomic E-state index is 0.178. The van der Waals surface area contributed by atoms with E-state index in [1.54, 1.807) is 0 Å². The maximum absolute atomic E-state index is 12.4. The SMILES string of the molecule is C=C(COc1ccc(F)cc1)[B-](F)(F)F. The molecule has 0 spiro atoms. The second-order valence-electron chi connectivity index (χ2n) is 2.98. The van der Waals surface area contributed by atoms with Crippen LogP contribution in [0.5, 0.6) is 5.75 Å². The van der Waals surface area contributed by atoms with Gasteiger partial charge in [0.05, 0.1) is 6.61 Å². The van der Waals surface area contributed by atoms with Crippen LogP contribution in [0.2, 0.25) is 0 Å². The lowest BCUT2D eigenvalue weighted by Crippen LogP contribution is -2.23. The van der Waals surface area contributed by atoms with Crippen molar-refractivity contribution in [2.24, 2.45) is 0 Å². The Labute approximate surface area is 84.4 Å². The number of hydrogen-bond acceptors (Lipinski definition) is 1. The Morgan fingerprint density at radius 1 is 1.20 bits per heavy atom. The minimum atomic E-state index is -5.07. The van der Waals surface area contributed by atoms with Gasteiger partial charge in [-0.25, -0.2) is 4.39 Å². The maximum Gasteiger partial charge on any atom is 0.508 e. The second-order valence-corrected chi connectivity index (χ2v) is 2.98. The van der Waals surface area contributed by atoms with Gasteiger partial charge in [0.2, 0.25) is 0 Å².